The van der Waals surface area contributed by atoms with Crippen LogP contribution in [0.25, 0.3) is 0 Å². The van der Waals surface area contributed by atoms with Crippen LogP contribution in [-0.2, 0) is 12.6 Å². The Morgan fingerprint density at radius 2 is 1.55 bits per heavy atom. The van der Waals surface area contributed by atoms with Gasteiger partial charge in [0.2, 0.25) is 0 Å². The molecule has 0 spiro atoms. The molecule has 0 nitrogen and oxygen atoms in total. The Kier molecular flexibility index (Phi) is 7.11. The average Bonchev–Trinajstić information content (AvgIpc) is 2.38. The first-order valence-corrected chi connectivity index (χ1v) is 7.59. The summed E-state index contributed by atoms with van der Waals surface area (Å²) < 4.78 is 37.4. The summed E-state index contributed by atoms with van der Waals surface area (Å²) in [4.78, 5) is 0. The van der Waals surface area contributed by atoms with E-state index in [4.69, 9.17) is 0 Å². The lowest BCUT2D eigenvalue weighted by molar-refractivity contribution is -0.137. The van der Waals surface area contributed by atoms with Crippen LogP contribution in [0.5, 0.6) is 0 Å². The van der Waals surface area contributed by atoms with Crippen molar-refractivity contribution < 1.29 is 13.2 Å². The van der Waals surface area contributed by atoms with E-state index < -0.39 is 11.7 Å². The number of benzene rings is 1. The predicted octanol–water partition coefficient (Wildman–Crippen LogP) is 6.24. The fourth-order valence-electron chi connectivity index (χ4n) is 2.43. The van der Waals surface area contributed by atoms with Gasteiger partial charge in [-0.05, 0) is 30.0 Å². The third-order valence-electron chi connectivity index (χ3n) is 3.67. The molecule has 0 amide bonds. The van der Waals surface area contributed by atoms with Crippen molar-refractivity contribution in [1.29, 1.82) is 0 Å². The van der Waals surface area contributed by atoms with E-state index in [0.717, 1.165) is 18.4 Å². The molecule has 0 aliphatic carbocycles. The fourth-order valence-corrected chi connectivity index (χ4v) is 2.43. The summed E-state index contributed by atoms with van der Waals surface area (Å²) in [6.45, 7) is 4.38. The molecule has 20 heavy (non-hydrogen) atoms. The SMILES string of the molecule is CCCCCCCC(C)Cc1ccc(C(F)(F)F)cc1. The minimum atomic E-state index is -4.23. The number of halogens is 3. The number of alkyl halides is 3. The molecule has 0 aromatic heterocycles. The first kappa shape index (κ1) is 17.1. The van der Waals surface area contributed by atoms with Crippen molar-refractivity contribution in [3.8, 4) is 0 Å². The van der Waals surface area contributed by atoms with Crippen molar-refractivity contribution in [2.75, 3.05) is 0 Å². The number of hydrogen-bond donors (Lipinski definition) is 0. The molecule has 0 aliphatic heterocycles. The first-order chi connectivity index (χ1) is 9.43. The van der Waals surface area contributed by atoms with E-state index in [1.807, 2.05) is 0 Å². The van der Waals surface area contributed by atoms with Crippen LogP contribution in [0.1, 0.15) is 63.5 Å². The smallest absolute Gasteiger partial charge is 0.166 e. The lowest BCUT2D eigenvalue weighted by Gasteiger charge is -2.12. The maximum Gasteiger partial charge on any atom is 0.416 e. The van der Waals surface area contributed by atoms with Crippen LogP contribution in [0.3, 0.4) is 0 Å². The summed E-state index contributed by atoms with van der Waals surface area (Å²) in [5.74, 6) is 0.536. The summed E-state index contributed by atoms with van der Waals surface area (Å²) in [5.41, 5.74) is 0.438. The van der Waals surface area contributed by atoms with Gasteiger partial charge in [-0.2, -0.15) is 13.2 Å². The van der Waals surface area contributed by atoms with E-state index in [9.17, 15) is 13.2 Å². The minimum Gasteiger partial charge on any atom is -0.166 e. The highest BCUT2D eigenvalue weighted by Gasteiger charge is 2.29. The Hall–Kier alpha value is -0.990. The Balaban J connectivity index is 2.33. The van der Waals surface area contributed by atoms with Crippen molar-refractivity contribution in [2.24, 2.45) is 5.92 Å². The van der Waals surface area contributed by atoms with Crippen molar-refractivity contribution in [1.82, 2.24) is 0 Å². The maximum absolute atomic E-state index is 12.5. The summed E-state index contributed by atoms with van der Waals surface area (Å²) in [6.07, 6.45) is 4.13. The number of rotatable bonds is 8. The Labute approximate surface area is 120 Å². The largest absolute Gasteiger partial charge is 0.416 e. The van der Waals surface area contributed by atoms with Gasteiger partial charge in [-0.3, -0.25) is 0 Å². The van der Waals surface area contributed by atoms with Crippen LogP contribution in [0.2, 0.25) is 0 Å². The molecule has 1 aromatic rings. The molecular formula is C17H25F3. The molecule has 0 aliphatic rings. The molecule has 0 fully saturated rings. The van der Waals surface area contributed by atoms with Gasteiger partial charge in [-0.1, -0.05) is 64.5 Å². The van der Waals surface area contributed by atoms with Crippen LogP contribution in [0, 0.1) is 5.92 Å². The van der Waals surface area contributed by atoms with E-state index >= 15 is 0 Å². The third-order valence-corrected chi connectivity index (χ3v) is 3.67. The second-order valence-electron chi connectivity index (χ2n) is 5.71. The summed E-state index contributed by atoms with van der Waals surface area (Å²) >= 11 is 0. The third kappa shape index (κ3) is 6.44. The van der Waals surface area contributed by atoms with Gasteiger partial charge in [0.25, 0.3) is 0 Å². The van der Waals surface area contributed by atoms with E-state index in [1.165, 1.54) is 44.2 Å². The van der Waals surface area contributed by atoms with Crippen molar-refractivity contribution in [3.63, 3.8) is 0 Å². The highest BCUT2D eigenvalue weighted by molar-refractivity contribution is 5.24. The zero-order chi connectivity index (χ0) is 15.0. The second-order valence-corrected chi connectivity index (χ2v) is 5.71. The van der Waals surface area contributed by atoms with Gasteiger partial charge in [0.05, 0.1) is 5.56 Å². The van der Waals surface area contributed by atoms with Gasteiger partial charge < -0.3 is 0 Å². The van der Waals surface area contributed by atoms with Crippen LogP contribution < -0.4 is 0 Å². The Bertz CT molecular complexity index is 365. The monoisotopic (exact) mass is 286 g/mol. The zero-order valence-corrected chi connectivity index (χ0v) is 12.5. The normalized spacial score (nSPS) is 13.4. The van der Waals surface area contributed by atoms with Gasteiger partial charge in [-0.15, -0.1) is 0 Å². The van der Waals surface area contributed by atoms with E-state index in [2.05, 4.69) is 13.8 Å². The molecular weight excluding hydrogens is 261 g/mol. The van der Waals surface area contributed by atoms with Crippen molar-refractivity contribution >= 4 is 0 Å². The van der Waals surface area contributed by atoms with Crippen LogP contribution in [0.15, 0.2) is 24.3 Å². The Morgan fingerprint density at radius 3 is 2.10 bits per heavy atom. The summed E-state index contributed by atoms with van der Waals surface area (Å²) in [6, 6.07) is 5.58. The van der Waals surface area contributed by atoms with Crippen LogP contribution in [0.4, 0.5) is 13.2 Å². The van der Waals surface area contributed by atoms with E-state index in [1.54, 1.807) is 12.1 Å². The predicted molar refractivity (Wildman–Crippen MR) is 77.7 cm³/mol. The lowest BCUT2D eigenvalue weighted by atomic mass is 9.94. The Morgan fingerprint density at radius 1 is 0.950 bits per heavy atom. The molecule has 3 heteroatoms. The molecule has 0 saturated carbocycles. The fraction of sp³-hybridized carbons (Fsp3) is 0.647. The molecule has 0 N–H and O–H groups in total. The van der Waals surface area contributed by atoms with Crippen LogP contribution >= 0.6 is 0 Å². The molecule has 1 rings (SSSR count). The second kappa shape index (κ2) is 8.33. The maximum atomic E-state index is 12.5. The number of hydrogen-bond acceptors (Lipinski definition) is 0. The molecule has 1 unspecified atom stereocenters. The molecule has 114 valence electrons. The standard InChI is InChI=1S/C17H25F3/c1-3-4-5-6-7-8-14(2)13-15-9-11-16(12-10-15)17(18,19)20/h9-12,14H,3-8,13H2,1-2H3. The average molecular weight is 286 g/mol. The molecule has 0 bridgehead atoms. The van der Waals surface area contributed by atoms with E-state index in [0.29, 0.717) is 5.92 Å². The summed E-state index contributed by atoms with van der Waals surface area (Å²) in [7, 11) is 0. The number of unbranched alkanes of at least 4 members (excludes halogenated alkanes) is 4. The molecule has 0 heterocycles. The van der Waals surface area contributed by atoms with Crippen molar-refractivity contribution in [3.05, 3.63) is 35.4 Å². The van der Waals surface area contributed by atoms with E-state index in [-0.39, 0.29) is 0 Å². The lowest BCUT2D eigenvalue weighted by Crippen LogP contribution is -2.05. The molecule has 1 atom stereocenters. The van der Waals surface area contributed by atoms with Gasteiger partial charge >= 0.3 is 6.18 Å². The van der Waals surface area contributed by atoms with Crippen molar-refractivity contribution in [2.45, 2.75) is 65.0 Å². The first-order valence-electron chi connectivity index (χ1n) is 7.59. The topological polar surface area (TPSA) is 0 Å². The van der Waals surface area contributed by atoms with Gasteiger partial charge in [-0.25, -0.2) is 0 Å². The van der Waals surface area contributed by atoms with Crippen LogP contribution in [-0.4, -0.2) is 0 Å². The highest BCUT2D eigenvalue weighted by atomic mass is 19.4. The molecule has 0 radical (unpaired) electrons. The quantitative estimate of drug-likeness (QED) is 0.496. The highest BCUT2D eigenvalue weighted by Crippen LogP contribution is 2.29. The molecule has 0 saturated heterocycles. The van der Waals surface area contributed by atoms with Gasteiger partial charge in [0.15, 0.2) is 0 Å². The molecule has 1 aromatic carbocycles. The van der Waals surface area contributed by atoms with Gasteiger partial charge in [0.1, 0.15) is 0 Å². The zero-order valence-electron chi connectivity index (χ0n) is 12.5. The van der Waals surface area contributed by atoms with Gasteiger partial charge in [0, 0.05) is 0 Å². The minimum absolute atomic E-state index is 0.536. The summed E-state index contributed by atoms with van der Waals surface area (Å²) in [5, 5.41) is 0.